The molecule has 8 heteroatoms. The second-order valence-corrected chi connectivity index (χ2v) is 9.84. The fourth-order valence-corrected chi connectivity index (χ4v) is 5.43. The predicted octanol–water partition coefficient (Wildman–Crippen LogP) is 2.23. The van der Waals surface area contributed by atoms with Crippen LogP contribution in [0.1, 0.15) is 11.1 Å². The molecule has 0 aromatic heterocycles. The highest BCUT2D eigenvalue weighted by Crippen LogP contribution is 2.21. The maximum Gasteiger partial charge on any atom is 0.243 e. The summed E-state index contributed by atoms with van der Waals surface area (Å²) in [6.45, 7) is 3.56. The Balaban J connectivity index is 1.32. The highest BCUT2D eigenvalue weighted by atomic mass is 35.5. The average molecular weight is 434 g/mol. The van der Waals surface area contributed by atoms with Crippen molar-refractivity contribution in [3.63, 3.8) is 0 Å². The van der Waals surface area contributed by atoms with Gasteiger partial charge in [0.15, 0.2) is 0 Å². The molecule has 6 nitrogen and oxygen atoms in total. The first-order valence-electron chi connectivity index (χ1n) is 9.76. The van der Waals surface area contributed by atoms with E-state index in [2.05, 4.69) is 12.1 Å². The number of hydrogen-bond acceptors (Lipinski definition) is 4. The molecule has 2 aliphatic heterocycles. The first-order chi connectivity index (χ1) is 13.9. The van der Waals surface area contributed by atoms with Crippen LogP contribution >= 0.6 is 11.6 Å². The maximum atomic E-state index is 12.8. The molecule has 0 atom stereocenters. The van der Waals surface area contributed by atoms with E-state index in [0.717, 1.165) is 13.0 Å². The molecule has 0 aliphatic carbocycles. The number of carbonyl (C=O) groups is 1. The van der Waals surface area contributed by atoms with Gasteiger partial charge in [0, 0.05) is 44.3 Å². The molecule has 2 aliphatic rings. The lowest BCUT2D eigenvalue weighted by Gasteiger charge is -2.35. The zero-order valence-corrected chi connectivity index (χ0v) is 17.7. The Labute approximate surface area is 176 Å². The van der Waals surface area contributed by atoms with Gasteiger partial charge in [-0.15, -0.1) is 0 Å². The predicted molar refractivity (Wildman–Crippen MR) is 112 cm³/mol. The first kappa shape index (κ1) is 20.3. The van der Waals surface area contributed by atoms with Gasteiger partial charge in [-0.1, -0.05) is 35.9 Å². The van der Waals surface area contributed by atoms with Crippen molar-refractivity contribution in [1.82, 2.24) is 14.1 Å². The number of rotatable bonds is 4. The Morgan fingerprint density at radius 2 is 1.55 bits per heavy atom. The van der Waals surface area contributed by atoms with E-state index in [9.17, 15) is 13.2 Å². The van der Waals surface area contributed by atoms with Gasteiger partial charge >= 0.3 is 0 Å². The van der Waals surface area contributed by atoms with Gasteiger partial charge in [-0.2, -0.15) is 4.31 Å². The molecule has 1 fully saturated rings. The highest BCUT2D eigenvalue weighted by Gasteiger charge is 2.30. The molecule has 2 heterocycles. The fraction of sp³-hybridized carbons (Fsp3) is 0.381. The van der Waals surface area contributed by atoms with Crippen molar-refractivity contribution in [3.8, 4) is 0 Å². The third-order valence-electron chi connectivity index (χ3n) is 5.62. The van der Waals surface area contributed by atoms with E-state index in [4.69, 9.17) is 11.6 Å². The van der Waals surface area contributed by atoms with Crippen LogP contribution in [-0.4, -0.2) is 67.7 Å². The molecule has 2 aromatic rings. The van der Waals surface area contributed by atoms with Gasteiger partial charge in [-0.05, 0) is 41.8 Å². The summed E-state index contributed by atoms with van der Waals surface area (Å²) in [5.74, 6) is 0.105. The van der Waals surface area contributed by atoms with Crippen LogP contribution in [0.3, 0.4) is 0 Å². The lowest BCUT2D eigenvalue weighted by atomic mass is 10.00. The lowest BCUT2D eigenvalue weighted by molar-refractivity contribution is -0.133. The Kier molecular flexibility index (Phi) is 5.92. The standard InChI is InChI=1S/C21H24ClN3O3S/c22-19-5-7-20(8-6-19)29(27,28)25-13-11-23(12-14-25)16-21(26)24-10-9-17-3-1-2-4-18(17)15-24/h1-8H,9-16H2. The summed E-state index contributed by atoms with van der Waals surface area (Å²) in [7, 11) is -3.53. The van der Waals surface area contributed by atoms with E-state index in [1.165, 1.54) is 27.6 Å². The normalized spacial score (nSPS) is 18.4. The minimum absolute atomic E-state index is 0.105. The molecule has 0 bridgehead atoms. The van der Waals surface area contributed by atoms with Gasteiger partial charge in [0.25, 0.3) is 0 Å². The molecule has 0 saturated carbocycles. The number of fused-ring (bicyclic) bond motifs is 1. The number of hydrogen-bond donors (Lipinski definition) is 0. The largest absolute Gasteiger partial charge is 0.337 e. The monoisotopic (exact) mass is 433 g/mol. The highest BCUT2D eigenvalue weighted by molar-refractivity contribution is 7.89. The second-order valence-electron chi connectivity index (χ2n) is 7.47. The molecule has 0 radical (unpaired) electrons. The molecular formula is C21H24ClN3O3S. The number of halogens is 1. The SMILES string of the molecule is O=C(CN1CCN(S(=O)(=O)c2ccc(Cl)cc2)CC1)N1CCc2ccccc2C1. The van der Waals surface area contributed by atoms with Crippen LogP contribution in [0.2, 0.25) is 5.02 Å². The summed E-state index contributed by atoms with van der Waals surface area (Å²) in [5, 5.41) is 0.507. The molecule has 0 N–H and O–H groups in total. The Morgan fingerprint density at radius 3 is 2.24 bits per heavy atom. The second kappa shape index (κ2) is 8.44. The summed E-state index contributed by atoms with van der Waals surface area (Å²) in [5.41, 5.74) is 2.53. The van der Waals surface area contributed by atoms with Crippen LogP contribution < -0.4 is 0 Å². The van der Waals surface area contributed by atoms with Crippen LogP contribution in [-0.2, 0) is 27.8 Å². The van der Waals surface area contributed by atoms with Gasteiger partial charge in [0.05, 0.1) is 11.4 Å². The maximum absolute atomic E-state index is 12.8. The number of amides is 1. The minimum Gasteiger partial charge on any atom is -0.337 e. The van der Waals surface area contributed by atoms with Crippen molar-refractivity contribution >= 4 is 27.5 Å². The Hall–Kier alpha value is -1.93. The van der Waals surface area contributed by atoms with E-state index >= 15 is 0 Å². The molecule has 2 aromatic carbocycles. The van der Waals surface area contributed by atoms with Crippen LogP contribution in [0.5, 0.6) is 0 Å². The molecule has 0 unspecified atom stereocenters. The number of benzene rings is 2. The Bertz CT molecular complexity index is 986. The van der Waals surface area contributed by atoms with E-state index in [-0.39, 0.29) is 10.8 Å². The van der Waals surface area contributed by atoms with E-state index in [1.807, 2.05) is 21.9 Å². The van der Waals surface area contributed by atoms with Crippen LogP contribution in [0.4, 0.5) is 0 Å². The zero-order chi connectivity index (χ0) is 20.4. The smallest absolute Gasteiger partial charge is 0.243 e. The third-order valence-corrected chi connectivity index (χ3v) is 7.79. The summed E-state index contributed by atoms with van der Waals surface area (Å²) in [6, 6.07) is 14.5. The topological polar surface area (TPSA) is 60.9 Å². The van der Waals surface area contributed by atoms with E-state index in [1.54, 1.807) is 12.1 Å². The molecule has 154 valence electrons. The van der Waals surface area contributed by atoms with Crippen molar-refractivity contribution in [2.45, 2.75) is 17.9 Å². The molecule has 29 heavy (non-hydrogen) atoms. The van der Waals surface area contributed by atoms with Crippen LogP contribution in [0.25, 0.3) is 0 Å². The Morgan fingerprint density at radius 1 is 0.897 bits per heavy atom. The third kappa shape index (κ3) is 4.48. The van der Waals surface area contributed by atoms with Gasteiger partial charge < -0.3 is 4.90 Å². The summed E-state index contributed by atoms with van der Waals surface area (Å²) >= 11 is 5.86. The summed E-state index contributed by atoms with van der Waals surface area (Å²) < 4.78 is 27.0. The van der Waals surface area contributed by atoms with Gasteiger partial charge in [0.2, 0.25) is 15.9 Å². The van der Waals surface area contributed by atoms with Gasteiger partial charge in [-0.25, -0.2) is 8.42 Å². The van der Waals surface area contributed by atoms with Crippen LogP contribution in [0, 0.1) is 0 Å². The molecule has 0 spiro atoms. The zero-order valence-electron chi connectivity index (χ0n) is 16.1. The molecule has 4 rings (SSSR count). The molecule has 1 amide bonds. The van der Waals surface area contributed by atoms with E-state index in [0.29, 0.717) is 44.3 Å². The van der Waals surface area contributed by atoms with Gasteiger partial charge in [-0.3, -0.25) is 9.69 Å². The quantitative estimate of drug-likeness (QED) is 0.741. The summed E-state index contributed by atoms with van der Waals surface area (Å²) in [4.78, 5) is 16.9. The van der Waals surface area contributed by atoms with Gasteiger partial charge in [0.1, 0.15) is 0 Å². The fourth-order valence-electron chi connectivity index (χ4n) is 3.88. The number of nitrogens with zero attached hydrogens (tertiary/aromatic N) is 3. The van der Waals surface area contributed by atoms with Crippen molar-refractivity contribution < 1.29 is 13.2 Å². The number of sulfonamides is 1. The van der Waals surface area contributed by atoms with Crippen molar-refractivity contribution in [2.24, 2.45) is 0 Å². The van der Waals surface area contributed by atoms with Crippen molar-refractivity contribution in [2.75, 3.05) is 39.3 Å². The van der Waals surface area contributed by atoms with E-state index < -0.39 is 10.0 Å². The molecular weight excluding hydrogens is 410 g/mol. The first-order valence-corrected chi connectivity index (χ1v) is 11.6. The number of piperazine rings is 1. The average Bonchev–Trinajstić information content (AvgIpc) is 2.74. The van der Waals surface area contributed by atoms with Crippen molar-refractivity contribution in [1.29, 1.82) is 0 Å². The lowest BCUT2D eigenvalue weighted by Crippen LogP contribution is -2.51. The molecule has 1 saturated heterocycles. The van der Waals surface area contributed by atoms with Crippen LogP contribution in [0.15, 0.2) is 53.4 Å². The van der Waals surface area contributed by atoms with Crippen molar-refractivity contribution in [3.05, 3.63) is 64.7 Å². The minimum atomic E-state index is -3.53. The summed E-state index contributed by atoms with van der Waals surface area (Å²) in [6.07, 6.45) is 0.884. The number of carbonyl (C=O) groups excluding carboxylic acids is 1.